The van der Waals surface area contributed by atoms with Gasteiger partial charge in [0.25, 0.3) is 0 Å². The highest BCUT2D eigenvalue weighted by molar-refractivity contribution is 5.36. The molecule has 0 heteroatoms. The quantitative estimate of drug-likeness (QED) is 0.517. The van der Waals surface area contributed by atoms with Crippen molar-refractivity contribution in [3.8, 4) is 0 Å². The van der Waals surface area contributed by atoms with E-state index in [1.165, 1.54) is 30.4 Å². The van der Waals surface area contributed by atoms with Crippen LogP contribution in [0.2, 0.25) is 0 Å². The predicted octanol–water partition coefficient (Wildman–Crippen LogP) is 5.92. The van der Waals surface area contributed by atoms with Crippen LogP contribution < -0.4 is 0 Å². The van der Waals surface area contributed by atoms with E-state index < -0.39 is 0 Å². The maximum atomic E-state index is 3.75. The van der Waals surface area contributed by atoms with Gasteiger partial charge in [-0.1, -0.05) is 59.4 Å². The Kier molecular flexibility index (Phi) is 13.5. The molecular weight excluding hydrogens is 192 g/mol. The van der Waals surface area contributed by atoms with Crippen LogP contribution in [-0.4, -0.2) is 0 Å². The minimum Gasteiger partial charge on any atom is -0.0991 e. The summed E-state index contributed by atoms with van der Waals surface area (Å²) in [4.78, 5) is 0. The minimum absolute atomic E-state index is 0.725. The van der Waals surface area contributed by atoms with Crippen LogP contribution in [0.25, 0.3) is 0 Å². The van der Waals surface area contributed by atoms with Gasteiger partial charge in [0.2, 0.25) is 0 Å². The summed E-state index contributed by atoms with van der Waals surface area (Å²) in [7, 11) is 0. The maximum Gasteiger partial charge on any atom is -0.0188 e. The van der Waals surface area contributed by atoms with Crippen molar-refractivity contribution in [3.63, 3.8) is 0 Å². The zero-order chi connectivity index (χ0) is 13.0. The van der Waals surface area contributed by atoms with Crippen LogP contribution in [0.1, 0.15) is 60.8 Å². The summed E-state index contributed by atoms with van der Waals surface area (Å²) >= 11 is 0. The Hall–Kier alpha value is -0.780. The SMILES string of the molecule is C=C/C=C1\C(=C/C)CCCC1C.CC.CC. The molecule has 1 saturated carbocycles. The highest BCUT2D eigenvalue weighted by Crippen LogP contribution is 2.33. The first kappa shape index (κ1) is 17.6. The van der Waals surface area contributed by atoms with Crippen LogP contribution >= 0.6 is 0 Å². The van der Waals surface area contributed by atoms with Gasteiger partial charge in [0, 0.05) is 0 Å². The van der Waals surface area contributed by atoms with E-state index in [1.807, 2.05) is 33.8 Å². The maximum absolute atomic E-state index is 3.75. The number of hydrogen-bond donors (Lipinski definition) is 0. The highest BCUT2D eigenvalue weighted by Gasteiger charge is 2.17. The van der Waals surface area contributed by atoms with E-state index in [4.69, 9.17) is 0 Å². The van der Waals surface area contributed by atoms with Crippen molar-refractivity contribution in [3.05, 3.63) is 36.0 Å². The summed E-state index contributed by atoms with van der Waals surface area (Å²) < 4.78 is 0. The molecule has 0 aromatic rings. The Morgan fingerprint density at radius 3 is 2.19 bits per heavy atom. The third-order valence-corrected chi connectivity index (χ3v) is 2.63. The van der Waals surface area contributed by atoms with E-state index >= 15 is 0 Å². The van der Waals surface area contributed by atoms with E-state index in [1.54, 1.807) is 0 Å². The fraction of sp³-hybridized carbons (Fsp3) is 0.625. The summed E-state index contributed by atoms with van der Waals surface area (Å²) in [5, 5.41) is 0. The first-order chi connectivity index (χ1) is 7.79. The molecule has 0 spiro atoms. The molecule has 94 valence electrons. The number of hydrogen-bond acceptors (Lipinski definition) is 0. The minimum atomic E-state index is 0.725. The third-order valence-electron chi connectivity index (χ3n) is 2.63. The van der Waals surface area contributed by atoms with Gasteiger partial charge >= 0.3 is 0 Å². The average molecular weight is 222 g/mol. The molecule has 1 aliphatic rings. The Morgan fingerprint density at radius 1 is 1.19 bits per heavy atom. The molecule has 1 unspecified atom stereocenters. The van der Waals surface area contributed by atoms with Gasteiger partial charge in [-0.05, 0) is 43.3 Å². The normalized spacial score (nSPS) is 24.0. The van der Waals surface area contributed by atoms with Crippen molar-refractivity contribution in [1.29, 1.82) is 0 Å². The Bertz CT molecular complexity index is 218. The second kappa shape index (κ2) is 12.3. The fourth-order valence-corrected chi connectivity index (χ4v) is 1.92. The van der Waals surface area contributed by atoms with Gasteiger partial charge < -0.3 is 0 Å². The van der Waals surface area contributed by atoms with E-state index in [2.05, 4.69) is 32.6 Å². The molecule has 1 aliphatic carbocycles. The van der Waals surface area contributed by atoms with Gasteiger partial charge in [-0.3, -0.25) is 0 Å². The summed E-state index contributed by atoms with van der Waals surface area (Å²) in [6.07, 6.45) is 10.2. The average Bonchev–Trinajstić information content (AvgIpc) is 2.37. The largest absolute Gasteiger partial charge is 0.0991 e. The molecule has 0 saturated heterocycles. The first-order valence-electron chi connectivity index (χ1n) is 6.77. The van der Waals surface area contributed by atoms with Crippen molar-refractivity contribution in [2.75, 3.05) is 0 Å². The molecule has 0 nitrogen and oxygen atoms in total. The van der Waals surface area contributed by atoms with Gasteiger partial charge in [0.05, 0.1) is 0 Å². The van der Waals surface area contributed by atoms with E-state index in [-0.39, 0.29) is 0 Å². The fourth-order valence-electron chi connectivity index (χ4n) is 1.92. The van der Waals surface area contributed by atoms with Crippen LogP contribution in [-0.2, 0) is 0 Å². The second-order valence-corrected chi connectivity index (χ2v) is 3.46. The Labute approximate surface area is 103 Å². The van der Waals surface area contributed by atoms with Crippen LogP contribution in [0.4, 0.5) is 0 Å². The van der Waals surface area contributed by atoms with Crippen LogP contribution in [0.5, 0.6) is 0 Å². The summed E-state index contributed by atoms with van der Waals surface area (Å²) in [5.41, 5.74) is 3.02. The summed E-state index contributed by atoms with van der Waals surface area (Å²) in [6.45, 7) is 16.2. The summed E-state index contributed by atoms with van der Waals surface area (Å²) in [5.74, 6) is 0.725. The lowest BCUT2D eigenvalue weighted by Gasteiger charge is -2.24. The highest BCUT2D eigenvalue weighted by atomic mass is 14.2. The van der Waals surface area contributed by atoms with Crippen molar-refractivity contribution in [2.24, 2.45) is 5.92 Å². The smallest absolute Gasteiger partial charge is 0.0188 e. The molecule has 0 bridgehead atoms. The molecule has 0 amide bonds. The molecule has 0 aromatic carbocycles. The molecule has 0 radical (unpaired) electrons. The van der Waals surface area contributed by atoms with Crippen LogP contribution in [0.15, 0.2) is 36.0 Å². The molecule has 1 fully saturated rings. The monoisotopic (exact) mass is 222 g/mol. The molecule has 0 aromatic heterocycles. The zero-order valence-corrected chi connectivity index (χ0v) is 12.1. The molecule has 16 heavy (non-hydrogen) atoms. The van der Waals surface area contributed by atoms with Gasteiger partial charge in [-0.2, -0.15) is 0 Å². The topological polar surface area (TPSA) is 0 Å². The van der Waals surface area contributed by atoms with Crippen LogP contribution in [0.3, 0.4) is 0 Å². The lowest BCUT2D eigenvalue weighted by Crippen LogP contribution is -2.08. The third kappa shape index (κ3) is 5.95. The van der Waals surface area contributed by atoms with E-state index in [9.17, 15) is 0 Å². The molecule has 0 aliphatic heterocycles. The van der Waals surface area contributed by atoms with Crippen molar-refractivity contribution < 1.29 is 0 Å². The van der Waals surface area contributed by atoms with Crippen molar-refractivity contribution in [1.82, 2.24) is 0 Å². The summed E-state index contributed by atoms with van der Waals surface area (Å²) in [6, 6.07) is 0. The van der Waals surface area contributed by atoms with Gasteiger partial charge in [0.1, 0.15) is 0 Å². The molecular formula is C16H30. The van der Waals surface area contributed by atoms with E-state index in [0.29, 0.717) is 0 Å². The lowest BCUT2D eigenvalue weighted by molar-refractivity contribution is 0.539. The Morgan fingerprint density at radius 2 is 1.75 bits per heavy atom. The van der Waals surface area contributed by atoms with Crippen molar-refractivity contribution in [2.45, 2.75) is 60.8 Å². The van der Waals surface area contributed by atoms with Gasteiger partial charge in [-0.25, -0.2) is 0 Å². The van der Waals surface area contributed by atoms with Gasteiger partial charge in [-0.15, -0.1) is 0 Å². The van der Waals surface area contributed by atoms with Gasteiger partial charge in [0.15, 0.2) is 0 Å². The standard InChI is InChI=1S/C12H18.2C2H6/c1-4-7-12-10(3)8-6-9-11(12)5-2;2*1-2/h4-5,7,10H,1,6,8-9H2,2-3H3;2*1-2H3/b11-5-,12-7-;;. The molecule has 1 atom stereocenters. The van der Waals surface area contributed by atoms with E-state index in [0.717, 1.165) is 5.92 Å². The molecule has 0 heterocycles. The molecule has 0 N–H and O–H groups in total. The number of rotatable bonds is 1. The van der Waals surface area contributed by atoms with Crippen molar-refractivity contribution >= 4 is 0 Å². The second-order valence-electron chi connectivity index (χ2n) is 3.46. The Balaban J connectivity index is 0. The predicted molar refractivity (Wildman–Crippen MR) is 77.7 cm³/mol. The number of allylic oxidation sites excluding steroid dienone is 5. The van der Waals surface area contributed by atoms with Crippen LogP contribution in [0, 0.1) is 5.92 Å². The lowest BCUT2D eigenvalue weighted by atomic mass is 9.81. The zero-order valence-electron chi connectivity index (χ0n) is 12.1. The first-order valence-corrected chi connectivity index (χ1v) is 6.77. The molecule has 1 rings (SSSR count).